The van der Waals surface area contributed by atoms with Gasteiger partial charge >= 0.3 is 0 Å². The molecule has 0 radical (unpaired) electrons. The molecule has 0 saturated carbocycles. The zero-order valence-corrected chi connectivity index (χ0v) is 12.9. The van der Waals surface area contributed by atoms with Gasteiger partial charge in [0.25, 0.3) is 0 Å². The monoisotopic (exact) mass is 303 g/mol. The number of amidine groups is 1. The molecule has 1 aromatic heterocycles. The van der Waals surface area contributed by atoms with Gasteiger partial charge in [0.15, 0.2) is 5.84 Å². The molecule has 0 bridgehead atoms. The average molecular weight is 303 g/mol. The fraction of sp³-hybridized carbons (Fsp3) is 0.636. The van der Waals surface area contributed by atoms with Crippen molar-refractivity contribution in [3.63, 3.8) is 0 Å². The molecule has 9 heteroatoms. The molecule has 0 aromatic carbocycles. The molecular weight excluding hydrogens is 282 g/mol. The lowest BCUT2D eigenvalue weighted by atomic mass is 10.2. The van der Waals surface area contributed by atoms with E-state index in [2.05, 4.69) is 15.0 Å². The van der Waals surface area contributed by atoms with Crippen LogP contribution in [-0.4, -0.2) is 35.3 Å². The number of nitrogens with one attached hydrogen (secondary N) is 1. The molecule has 1 rings (SSSR count). The highest BCUT2D eigenvalue weighted by Gasteiger charge is 2.28. The van der Waals surface area contributed by atoms with Gasteiger partial charge in [-0.3, -0.25) is 4.68 Å². The fourth-order valence-corrected chi connectivity index (χ4v) is 3.70. The molecule has 0 amide bonds. The maximum Gasteiger partial charge on any atom is 0.244 e. The summed E-state index contributed by atoms with van der Waals surface area (Å²) in [5, 5.41) is 15.7. The van der Waals surface area contributed by atoms with Crippen LogP contribution in [0.4, 0.5) is 0 Å². The Hall–Kier alpha value is -1.61. The third-order valence-electron chi connectivity index (χ3n) is 3.06. The Kier molecular flexibility index (Phi) is 5.12. The van der Waals surface area contributed by atoms with Gasteiger partial charge in [0, 0.05) is 7.05 Å². The Morgan fingerprint density at radius 3 is 2.55 bits per heavy atom. The number of aromatic nitrogens is 2. The summed E-state index contributed by atoms with van der Waals surface area (Å²) in [6.07, 6.45) is 1.13. The molecule has 0 aliphatic carbocycles. The van der Waals surface area contributed by atoms with Crippen molar-refractivity contribution in [2.75, 3.05) is 0 Å². The second kappa shape index (κ2) is 6.23. The van der Waals surface area contributed by atoms with Crippen LogP contribution < -0.4 is 10.5 Å². The average Bonchev–Trinajstić information content (AvgIpc) is 2.61. The summed E-state index contributed by atoms with van der Waals surface area (Å²) in [5.74, 6) is -0.158. The molecule has 0 spiro atoms. The highest BCUT2D eigenvalue weighted by Crippen LogP contribution is 2.19. The SMILES string of the molecule is CCCC(NS(=O)(=O)c1c(C)nn(C)c1C)C(N)=NO. The van der Waals surface area contributed by atoms with Crippen molar-refractivity contribution in [3.05, 3.63) is 11.4 Å². The molecule has 4 N–H and O–H groups in total. The molecule has 8 nitrogen and oxygen atoms in total. The van der Waals surface area contributed by atoms with Crippen molar-refractivity contribution in [2.24, 2.45) is 17.9 Å². The van der Waals surface area contributed by atoms with Crippen molar-refractivity contribution in [2.45, 2.75) is 44.6 Å². The van der Waals surface area contributed by atoms with Gasteiger partial charge in [0.2, 0.25) is 10.0 Å². The van der Waals surface area contributed by atoms with Gasteiger partial charge in [-0.05, 0) is 20.3 Å². The lowest BCUT2D eigenvalue weighted by Gasteiger charge is -2.16. The lowest BCUT2D eigenvalue weighted by molar-refractivity contribution is 0.315. The van der Waals surface area contributed by atoms with Crippen LogP contribution in [0.3, 0.4) is 0 Å². The summed E-state index contributed by atoms with van der Waals surface area (Å²) < 4.78 is 28.8. The third-order valence-corrected chi connectivity index (χ3v) is 4.78. The molecule has 0 aliphatic heterocycles. The molecule has 1 unspecified atom stereocenters. The van der Waals surface area contributed by atoms with E-state index in [9.17, 15) is 8.42 Å². The third kappa shape index (κ3) is 3.28. The van der Waals surface area contributed by atoms with E-state index >= 15 is 0 Å². The minimum atomic E-state index is -3.78. The first-order chi connectivity index (χ1) is 9.24. The molecular formula is C11H21N5O3S. The second-order valence-corrected chi connectivity index (χ2v) is 6.26. The zero-order chi connectivity index (χ0) is 15.5. The van der Waals surface area contributed by atoms with Crippen LogP contribution in [0, 0.1) is 13.8 Å². The normalized spacial score (nSPS) is 14.5. The minimum absolute atomic E-state index is 0.131. The quantitative estimate of drug-likeness (QED) is 0.300. The van der Waals surface area contributed by atoms with Crippen LogP contribution in [0.1, 0.15) is 31.2 Å². The standard InChI is InChI=1S/C11H21N5O3S/c1-5-6-9(11(12)14-17)15-20(18,19)10-7(2)13-16(4)8(10)3/h9,15,17H,5-6H2,1-4H3,(H2,12,14). The Morgan fingerprint density at radius 2 is 2.15 bits per heavy atom. The van der Waals surface area contributed by atoms with Crippen molar-refractivity contribution >= 4 is 15.9 Å². The maximum absolute atomic E-state index is 12.4. The van der Waals surface area contributed by atoms with E-state index in [1.807, 2.05) is 6.92 Å². The molecule has 0 fully saturated rings. The molecule has 114 valence electrons. The molecule has 1 aromatic rings. The summed E-state index contributed by atoms with van der Waals surface area (Å²) >= 11 is 0. The first-order valence-electron chi connectivity index (χ1n) is 6.24. The second-order valence-electron chi connectivity index (χ2n) is 4.61. The van der Waals surface area contributed by atoms with E-state index in [0.29, 0.717) is 24.2 Å². The largest absolute Gasteiger partial charge is 0.409 e. The Morgan fingerprint density at radius 1 is 1.55 bits per heavy atom. The smallest absolute Gasteiger partial charge is 0.244 e. The van der Waals surface area contributed by atoms with Gasteiger partial charge in [-0.15, -0.1) is 0 Å². The number of hydrogen-bond donors (Lipinski definition) is 3. The van der Waals surface area contributed by atoms with Crippen LogP contribution in [0.15, 0.2) is 10.1 Å². The van der Waals surface area contributed by atoms with Crippen LogP contribution in [0.25, 0.3) is 0 Å². The fourth-order valence-electron chi connectivity index (χ4n) is 2.01. The van der Waals surface area contributed by atoms with E-state index in [1.54, 1.807) is 20.9 Å². The summed E-state index contributed by atoms with van der Waals surface area (Å²) in [4.78, 5) is 0.131. The van der Waals surface area contributed by atoms with E-state index in [-0.39, 0.29) is 10.7 Å². The van der Waals surface area contributed by atoms with Crippen molar-refractivity contribution < 1.29 is 13.6 Å². The van der Waals surface area contributed by atoms with Crippen molar-refractivity contribution in [1.82, 2.24) is 14.5 Å². The number of nitrogens with two attached hydrogens (primary N) is 1. The molecule has 1 heterocycles. The lowest BCUT2D eigenvalue weighted by Crippen LogP contribution is -2.44. The predicted molar refractivity (Wildman–Crippen MR) is 75.1 cm³/mol. The minimum Gasteiger partial charge on any atom is -0.409 e. The van der Waals surface area contributed by atoms with Crippen LogP contribution >= 0.6 is 0 Å². The number of hydrogen-bond acceptors (Lipinski definition) is 5. The van der Waals surface area contributed by atoms with Gasteiger partial charge < -0.3 is 10.9 Å². The summed E-state index contributed by atoms with van der Waals surface area (Å²) in [6.45, 7) is 5.18. The maximum atomic E-state index is 12.4. The molecule has 1 atom stereocenters. The van der Waals surface area contributed by atoms with Gasteiger partial charge in [0.05, 0.1) is 17.4 Å². The summed E-state index contributed by atoms with van der Waals surface area (Å²) in [7, 11) is -2.11. The van der Waals surface area contributed by atoms with E-state index < -0.39 is 16.1 Å². The summed E-state index contributed by atoms with van der Waals surface area (Å²) in [5.41, 5.74) is 6.46. The van der Waals surface area contributed by atoms with E-state index in [4.69, 9.17) is 10.9 Å². The van der Waals surface area contributed by atoms with Gasteiger partial charge in [0.1, 0.15) is 4.90 Å². The highest BCUT2D eigenvalue weighted by molar-refractivity contribution is 7.89. The van der Waals surface area contributed by atoms with Gasteiger partial charge in [-0.25, -0.2) is 13.1 Å². The van der Waals surface area contributed by atoms with Gasteiger partial charge in [-0.1, -0.05) is 18.5 Å². The Bertz CT molecular complexity index is 606. The Labute approximate surface area is 118 Å². The van der Waals surface area contributed by atoms with Crippen LogP contribution in [0.5, 0.6) is 0 Å². The molecule has 0 saturated heterocycles. The van der Waals surface area contributed by atoms with Gasteiger partial charge in [-0.2, -0.15) is 5.10 Å². The number of rotatable bonds is 6. The van der Waals surface area contributed by atoms with Crippen molar-refractivity contribution in [1.29, 1.82) is 0 Å². The number of aryl methyl sites for hydroxylation is 2. The van der Waals surface area contributed by atoms with Crippen LogP contribution in [0.2, 0.25) is 0 Å². The van der Waals surface area contributed by atoms with Crippen LogP contribution in [-0.2, 0) is 17.1 Å². The Balaban J connectivity index is 3.16. The molecule has 20 heavy (non-hydrogen) atoms. The number of oxime groups is 1. The topological polar surface area (TPSA) is 123 Å². The van der Waals surface area contributed by atoms with Crippen molar-refractivity contribution in [3.8, 4) is 0 Å². The molecule has 0 aliphatic rings. The number of nitrogens with zero attached hydrogens (tertiary/aromatic N) is 3. The first-order valence-corrected chi connectivity index (χ1v) is 7.72. The van der Waals surface area contributed by atoms with E-state index in [1.165, 1.54) is 4.68 Å². The summed E-state index contributed by atoms with van der Waals surface area (Å²) in [6, 6.07) is -0.742. The number of sulfonamides is 1. The first kappa shape index (κ1) is 16.4. The zero-order valence-electron chi connectivity index (χ0n) is 12.1. The highest BCUT2D eigenvalue weighted by atomic mass is 32.2. The predicted octanol–water partition coefficient (Wildman–Crippen LogP) is 0.230. The van der Waals surface area contributed by atoms with E-state index in [0.717, 1.165) is 0 Å².